The fourth-order valence-corrected chi connectivity index (χ4v) is 1.52. The quantitative estimate of drug-likeness (QED) is 0.555. The topological polar surface area (TPSA) is 17.1 Å². The molecule has 16 heavy (non-hydrogen) atoms. The molecular weight excluding hydrogens is 196 g/mol. The maximum absolute atomic E-state index is 10.8. The number of carbonyl (C=O) groups excluding carboxylic acids is 1. The molecule has 0 aliphatic carbocycles. The summed E-state index contributed by atoms with van der Waals surface area (Å²) in [4.78, 5) is 10.8. The Kier molecular flexibility index (Phi) is 3.29. The summed E-state index contributed by atoms with van der Waals surface area (Å²) in [5.41, 5.74) is 2.79. The number of benzene rings is 2. The van der Waals surface area contributed by atoms with Gasteiger partial charge in [0.15, 0.2) is 6.29 Å². The Bertz CT molecular complexity index is 498. The van der Waals surface area contributed by atoms with Gasteiger partial charge in [0.25, 0.3) is 0 Å². The Morgan fingerprint density at radius 2 is 1.31 bits per heavy atom. The van der Waals surface area contributed by atoms with Crippen molar-refractivity contribution < 1.29 is 4.79 Å². The molecule has 1 heteroatoms. The molecule has 0 N–H and O–H groups in total. The molecule has 0 saturated heterocycles. The third-order valence-electron chi connectivity index (χ3n) is 2.38. The molecule has 78 valence electrons. The van der Waals surface area contributed by atoms with E-state index in [-0.39, 0.29) is 0 Å². The molecule has 0 bridgehead atoms. The third kappa shape index (κ3) is 2.45. The average Bonchev–Trinajstić information content (AvgIpc) is 2.38. The first-order valence-electron chi connectivity index (χ1n) is 5.17. The van der Waals surface area contributed by atoms with Crippen LogP contribution in [0, 0.1) is 0 Å². The van der Waals surface area contributed by atoms with Crippen molar-refractivity contribution in [2.24, 2.45) is 0 Å². The Labute approximate surface area is 95.1 Å². The lowest BCUT2D eigenvalue weighted by atomic mass is 10.1. The van der Waals surface area contributed by atoms with Crippen LogP contribution in [0.25, 0.3) is 12.2 Å². The van der Waals surface area contributed by atoms with E-state index in [0.29, 0.717) is 0 Å². The molecule has 2 rings (SSSR count). The second-order valence-electron chi connectivity index (χ2n) is 3.49. The SMILES string of the molecule is O=Cc1ccccc1C=Cc1ccccc1. The maximum Gasteiger partial charge on any atom is 0.150 e. The molecule has 0 aromatic heterocycles. The molecule has 0 heterocycles. The predicted molar refractivity (Wildman–Crippen MR) is 67.2 cm³/mol. The van der Waals surface area contributed by atoms with Gasteiger partial charge in [0.1, 0.15) is 0 Å². The van der Waals surface area contributed by atoms with Gasteiger partial charge >= 0.3 is 0 Å². The van der Waals surface area contributed by atoms with Gasteiger partial charge in [0.2, 0.25) is 0 Å². The van der Waals surface area contributed by atoms with Crippen molar-refractivity contribution in [2.45, 2.75) is 0 Å². The lowest BCUT2D eigenvalue weighted by molar-refractivity contribution is 0.112. The van der Waals surface area contributed by atoms with E-state index in [9.17, 15) is 4.79 Å². The van der Waals surface area contributed by atoms with Gasteiger partial charge in [-0.3, -0.25) is 4.79 Å². The van der Waals surface area contributed by atoms with Crippen LogP contribution in [0.4, 0.5) is 0 Å². The van der Waals surface area contributed by atoms with Crippen molar-refractivity contribution in [1.82, 2.24) is 0 Å². The Morgan fingerprint density at radius 3 is 2.00 bits per heavy atom. The second kappa shape index (κ2) is 5.08. The van der Waals surface area contributed by atoms with Crippen LogP contribution in [-0.4, -0.2) is 6.29 Å². The van der Waals surface area contributed by atoms with Crippen molar-refractivity contribution in [2.75, 3.05) is 0 Å². The Balaban J connectivity index is 2.27. The monoisotopic (exact) mass is 208 g/mol. The lowest BCUT2D eigenvalue weighted by Gasteiger charge is -1.97. The van der Waals surface area contributed by atoms with Gasteiger partial charge in [-0.05, 0) is 11.1 Å². The molecule has 2 aromatic rings. The Morgan fingerprint density at radius 1 is 0.688 bits per heavy atom. The van der Waals surface area contributed by atoms with Crippen molar-refractivity contribution in [3.8, 4) is 0 Å². The maximum atomic E-state index is 10.8. The molecule has 2 aromatic carbocycles. The van der Waals surface area contributed by atoms with Gasteiger partial charge in [-0.2, -0.15) is 0 Å². The zero-order valence-corrected chi connectivity index (χ0v) is 8.84. The molecule has 0 fully saturated rings. The minimum Gasteiger partial charge on any atom is -0.298 e. The van der Waals surface area contributed by atoms with Crippen molar-refractivity contribution >= 4 is 18.4 Å². The highest BCUT2D eigenvalue weighted by atomic mass is 16.1. The summed E-state index contributed by atoms with van der Waals surface area (Å²) >= 11 is 0. The van der Waals surface area contributed by atoms with Crippen LogP contribution in [-0.2, 0) is 0 Å². The van der Waals surface area contributed by atoms with Gasteiger partial charge < -0.3 is 0 Å². The van der Waals surface area contributed by atoms with Gasteiger partial charge in [0, 0.05) is 5.56 Å². The summed E-state index contributed by atoms with van der Waals surface area (Å²) in [6.07, 6.45) is 4.84. The minimum atomic E-state index is 0.717. The summed E-state index contributed by atoms with van der Waals surface area (Å²) in [6, 6.07) is 17.6. The minimum absolute atomic E-state index is 0.717. The van der Waals surface area contributed by atoms with Gasteiger partial charge in [-0.15, -0.1) is 0 Å². The fraction of sp³-hybridized carbons (Fsp3) is 0. The summed E-state index contributed by atoms with van der Waals surface area (Å²) in [6.45, 7) is 0. The third-order valence-corrected chi connectivity index (χ3v) is 2.38. The van der Waals surface area contributed by atoms with E-state index in [4.69, 9.17) is 0 Å². The van der Waals surface area contributed by atoms with Crippen LogP contribution in [0.1, 0.15) is 21.5 Å². The molecule has 1 nitrogen and oxygen atoms in total. The molecule has 0 aliphatic rings. The first-order valence-corrected chi connectivity index (χ1v) is 5.17. The van der Waals surface area contributed by atoms with E-state index < -0.39 is 0 Å². The Hall–Kier alpha value is -2.15. The summed E-state index contributed by atoms with van der Waals surface area (Å²) in [5.74, 6) is 0. The van der Waals surface area contributed by atoms with Crippen molar-refractivity contribution in [3.63, 3.8) is 0 Å². The van der Waals surface area contributed by atoms with Crippen LogP contribution in [0.2, 0.25) is 0 Å². The van der Waals surface area contributed by atoms with Crippen LogP contribution in [0.15, 0.2) is 54.6 Å². The van der Waals surface area contributed by atoms with Gasteiger partial charge in [-0.25, -0.2) is 0 Å². The van der Waals surface area contributed by atoms with Gasteiger partial charge in [0.05, 0.1) is 0 Å². The van der Waals surface area contributed by atoms with E-state index in [1.165, 1.54) is 0 Å². The molecular formula is C15H12O. The van der Waals surface area contributed by atoms with Crippen molar-refractivity contribution in [1.29, 1.82) is 0 Å². The summed E-state index contributed by atoms with van der Waals surface area (Å²) in [7, 11) is 0. The fourth-order valence-electron chi connectivity index (χ4n) is 1.52. The zero-order chi connectivity index (χ0) is 11.2. The average molecular weight is 208 g/mol. The number of aldehydes is 1. The molecule has 0 aliphatic heterocycles. The highest BCUT2D eigenvalue weighted by molar-refractivity contribution is 5.84. The molecule has 0 spiro atoms. The summed E-state index contributed by atoms with van der Waals surface area (Å²) < 4.78 is 0. The van der Waals surface area contributed by atoms with Gasteiger partial charge in [-0.1, -0.05) is 66.7 Å². The van der Waals surface area contributed by atoms with E-state index in [0.717, 1.165) is 23.0 Å². The lowest BCUT2D eigenvalue weighted by Crippen LogP contribution is -1.83. The molecule has 0 radical (unpaired) electrons. The number of rotatable bonds is 3. The van der Waals surface area contributed by atoms with E-state index in [1.807, 2.05) is 66.7 Å². The first kappa shape index (κ1) is 10.4. The highest BCUT2D eigenvalue weighted by Crippen LogP contribution is 2.11. The normalized spacial score (nSPS) is 10.5. The predicted octanol–water partition coefficient (Wildman–Crippen LogP) is 3.67. The number of hydrogen-bond donors (Lipinski definition) is 0. The van der Waals surface area contributed by atoms with Crippen LogP contribution < -0.4 is 0 Å². The molecule has 0 amide bonds. The second-order valence-corrected chi connectivity index (χ2v) is 3.49. The van der Waals surface area contributed by atoms with E-state index in [2.05, 4.69) is 0 Å². The number of carbonyl (C=O) groups is 1. The molecule has 0 unspecified atom stereocenters. The molecule has 0 saturated carbocycles. The zero-order valence-electron chi connectivity index (χ0n) is 8.84. The standard InChI is InChI=1S/C15H12O/c16-12-15-9-5-4-8-14(15)11-10-13-6-2-1-3-7-13/h1-12H. The molecule has 0 atom stereocenters. The largest absolute Gasteiger partial charge is 0.298 e. The highest BCUT2D eigenvalue weighted by Gasteiger charge is 1.95. The summed E-state index contributed by atoms with van der Waals surface area (Å²) in [5, 5.41) is 0. The van der Waals surface area contributed by atoms with E-state index in [1.54, 1.807) is 0 Å². The number of hydrogen-bond acceptors (Lipinski definition) is 1. The van der Waals surface area contributed by atoms with Crippen molar-refractivity contribution in [3.05, 3.63) is 71.3 Å². The first-order chi connectivity index (χ1) is 7.90. The van der Waals surface area contributed by atoms with Crippen LogP contribution in [0.5, 0.6) is 0 Å². The van der Waals surface area contributed by atoms with E-state index >= 15 is 0 Å². The van der Waals surface area contributed by atoms with Crippen LogP contribution >= 0.6 is 0 Å². The smallest absolute Gasteiger partial charge is 0.150 e. The van der Waals surface area contributed by atoms with Crippen LogP contribution in [0.3, 0.4) is 0 Å².